The van der Waals surface area contributed by atoms with E-state index >= 15 is 0 Å². The Morgan fingerprint density at radius 2 is 1.96 bits per heavy atom. The summed E-state index contributed by atoms with van der Waals surface area (Å²) in [4.78, 5) is 12.9. The molecular weight excluding hydrogens is 284 g/mol. The lowest BCUT2D eigenvalue weighted by Crippen LogP contribution is -2.68. The lowest BCUT2D eigenvalue weighted by molar-refractivity contribution is -0.134. The molecule has 0 aromatic rings. The van der Waals surface area contributed by atoms with Gasteiger partial charge in [-0.25, -0.2) is 0 Å². The molecule has 3 nitrogen and oxygen atoms in total. The Labute approximate surface area is 142 Å². The molecule has 1 saturated heterocycles. The van der Waals surface area contributed by atoms with Gasteiger partial charge in [-0.05, 0) is 43.6 Å². The molecule has 5 atom stereocenters. The Balaban J connectivity index is 1.75. The Morgan fingerprint density at radius 3 is 2.74 bits per heavy atom. The molecule has 5 unspecified atom stereocenters. The van der Waals surface area contributed by atoms with Crippen molar-refractivity contribution in [3.05, 3.63) is 0 Å². The van der Waals surface area contributed by atoms with Crippen molar-refractivity contribution in [2.24, 2.45) is 17.3 Å². The van der Waals surface area contributed by atoms with Gasteiger partial charge in [0.2, 0.25) is 0 Å². The number of hydrogen-bond donors (Lipinski definition) is 2. The smallest absolute Gasteiger partial charge is 0.139 e. The van der Waals surface area contributed by atoms with Crippen molar-refractivity contribution in [3.63, 3.8) is 0 Å². The van der Waals surface area contributed by atoms with Gasteiger partial charge in [-0.15, -0.1) is 0 Å². The zero-order valence-corrected chi connectivity index (χ0v) is 15.4. The second-order valence-electron chi connectivity index (χ2n) is 9.05. The molecule has 3 aliphatic rings. The van der Waals surface area contributed by atoms with Gasteiger partial charge in [0, 0.05) is 30.5 Å². The fourth-order valence-electron chi connectivity index (χ4n) is 5.48. The quantitative estimate of drug-likeness (QED) is 0.759. The van der Waals surface area contributed by atoms with Gasteiger partial charge in [-0.3, -0.25) is 4.79 Å². The van der Waals surface area contributed by atoms with E-state index in [2.05, 4.69) is 31.4 Å². The molecule has 0 radical (unpaired) electrons. The first-order chi connectivity index (χ1) is 11.0. The Kier molecular flexibility index (Phi) is 5.47. The molecule has 1 aliphatic heterocycles. The fraction of sp³-hybridized carbons (Fsp3) is 0.950. The van der Waals surface area contributed by atoms with Crippen molar-refractivity contribution >= 4 is 5.78 Å². The summed E-state index contributed by atoms with van der Waals surface area (Å²) in [5, 5.41) is 7.77. The molecular formula is C20H36N2O. The number of carbonyl (C=O) groups is 1. The molecule has 3 heteroatoms. The molecule has 1 heterocycles. The number of hydrogen-bond acceptors (Lipinski definition) is 3. The number of ketones is 1. The topological polar surface area (TPSA) is 41.1 Å². The highest BCUT2D eigenvalue weighted by atomic mass is 16.1. The van der Waals surface area contributed by atoms with Crippen molar-refractivity contribution in [2.45, 2.75) is 96.7 Å². The molecule has 0 amide bonds. The molecule has 132 valence electrons. The maximum atomic E-state index is 12.9. The molecule has 2 aliphatic carbocycles. The van der Waals surface area contributed by atoms with E-state index in [-0.39, 0.29) is 11.3 Å². The van der Waals surface area contributed by atoms with Gasteiger partial charge in [0.05, 0.1) is 0 Å². The van der Waals surface area contributed by atoms with Crippen LogP contribution in [-0.4, -0.2) is 30.5 Å². The summed E-state index contributed by atoms with van der Waals surface area (Å²) >= 11 is 0. The normalized spacial score (nSPS) is 39.6. The number of nitrogens with one attached hydrogen (secondary N) is 2. The highest BCUT2D eigenvalue weighted by Gasteiger charge is 2.51. The van der Waals surface area contributed by atoms with Crippen LogP contribution in [0.1, 0.15) is 78.6 Å². The average Bonchev–Trinajstić information content (AvgIpc) is 2.49. The lowest BCUT2D eigenvalue weighted by Gasteiger charge is -2.54. The Bertz CT molecular complexity index is 420. The first kappa shape index (κ1) is 17.4. The van der Waals surface area contributed by atoms with Gasteiger partial charge < -0.3 is 10.6 Å². The summed E-state index contributed by atoms with van der Waals surface area (Å²) in [6.45, 7) is 7.87. The van der Waals surface area contributed by atoms with E-state index in [1.807, 2.05) is 0 Å². The average molecular weight is 321 g/mol. The van der Waals surface area contributed by atoms with Crippen LogP contribution in [0.5, 0.6) is 0 Å². The largest absolute Gasteiger partial charge is 0.313 e. The first-order valence-corrected chi connectivity index (χ1v) is 10.0. The van der Waals surface area contributed by atoms with E-state index in [4.69, 9.17) is 0 Å². The predicted octanol–water partition coefficient (Wildman–Crippen LogP) is 3.67. The Hall–Kier alpha value is -0.410. The van der Waals surface area contributed by atoms with E-state index < -0.39 is 0 Å². The molecule has 0 aromatic carbocycles. The molecule has 2 saturated carbocycles. The second-order valence-corrected chi connectivity index (χ2v) is 9.05. The van der Waals surface area contributed by atoms with Crippen LogP contribution in [0.2, 0.25) is 0 Å². The number of unbranched alkanes of at least 4 members (excludes halogenated alkanes) is 2. The van der Waals surface area contributed by atoms with Gasteiger partial charge >= 0.3 is 0 Å². The lowest BCUT2D eigenvalue weighted by atomic mass is 9.61. The van der Waals surface area contributed by atoms with Gasteiger partial charge in [0.25, 0.3) is 0 Å². The maximum absolute atomic E-state index is 12.9. The monoisotopic (exact) mass is 320 g/mol. The molecule has 0 bridgehead atoms. The number of carbonyl (C=O) groups excluding carboxylic acids is 1. The predicted molar refractivity (Wildman–Crippen MR) is 95.5 cm³/mol. The Morgan fingerprint density at radius 1 is 1.17 bits per heavy atom. The number of piperidine rings is 1. The van der Waals surface area contributed by atoms with Crippen molar-refractivity contribution in [1.29, 1.82) is 0 Å². The molecule has 0 spiro atoms. The second kappa shape index (κ2) is 7.23. The summed E-state index contributed by atoms with van der Waals surface area (Å²) in [7, 11) is 0. The van der Waals surface area contributed by atoms with Gasteiger partial charge in [-0.1, -0.05) is 46.5 Å². The number of rotatable bonds is 5. The van der Waals surface area contributed by atoms with E-state index in [1.165, 1.54) is 44.9 Å². The van der Waals surface area contributed by atoms with Crippen LogP contribution < -0.4 is 10.6 Å². The van der Waals surface area contributed by atoms with Crippen molar-refractivity contribution in [3.8, 4) is 0 Å². The standard InChI is InChI=1S/C20H36N2O/c1-4-5-8-11-21-19-14-9-6-7-10-15(14)22-16-12-20(2,3)13-17(23)18(16)19/h14-16,18-19,21-22H,4-13H2,1-3H3. The third kappa shape index (κ3) is 3.82. The maximum Gasteiger partial charge on any atom is 0.139 e. The van der Waals surface area contributed by atoms with Gasteiger partial charge in [-0.2, -0.15) is 0 Å². The van der Waals surface area contributed by atoms with Crippen LogP contribution in [0.4, 0.5) is 0 Å². The summed E-state index contributed by atoms with van der Waals surface area (Å²) < 4.78 is 0. The summed E-state index contributed by atoms with van der Waals surface area (Å²) in [5.41, 5.74) is 0.166. The van der Waals surface area contributed by atoms with Crippen LogP contribution >= 0.6 is 0 Å². The highest BCUT2D eigenvalue weighted by molar-refractivity contribution is 5.84. The van der Waals surface area contributed by atoms with Crippen molar-refractivity contribution < 1.29 is 4.79 Å². The minimum absolute atomic E-state index is 0.166. The number of fused-ring (bicyclic) bond motifs is 2. The molecule has 3 rings (SSSR count). The minimum Gasteiger partial charge on any atom is -0.313 e. The number of Topliss-reactive ketones (excluding diaryl/α,β-unsaturated/α-hetero) is 1. The van der Waals surface area contributed by atoms with E-state index in [0.717, 1.165) is 19.4 Å². The SMILES string of the molecule is CCCCCNC1C2CCCCC2NC2CC(C)(C)CC(=O)C21. The van der Waals surface area contributed by atoms with Crippen LogP contribution in [0, 0.1) is 17.3 Å². The van der Waals surface area contributed by atoms with E-state index in [1.54, 1.807) is 0 Å². The van der Waals surface area contributed by atoms with E-state index in [0.29, 0.717) is 29.8 Å². The van der Waals surface area contributed by atoms with Crippen LogP contribution in [-0.2, 0) is 4.79 Å². The van der Waals surface area contributed by atoms with Crippen molar-refractivity contribution in [2.75, 3.05) is 6.54 Å². The molecule has 0 aromatic heterocycles. The fourth-order valence-corrected chi connectivity index (χ4v) is 5.48. The summed E-state index contributed by atoms with van der Waals surface area (Å²) in [6, 6.07) is 1.46. The molecule has 23 heavy (non-hydrogen) atoms. The van der Waals surface area contributed by atoms with Crippen LogP contribution in [0.15, 0.2) is 0 Å². The first-order valence-electron chi connectivity index (χ1n) is 10.0. The van der Waals surface area contributed by atoms with Gasteiger partial charge in [0.15, 0.2) is 0 Å². The zero-order valence-electron chi connectivity index (χ0n) is 15.4. The van der Waals surface area contributed by atoms with Crippen LogP contribution in [0.25, 0.3) is 0 Å². The third-order valence-electron chi connectivity index (χ3n) is 6.49. The van der Waals surface area contributed by atoms with Gasteiger partial charge in [0.1, 0.15) is 5.78 Å². The van der Waals surface area contributed by atoms with E-state index in [9.17, 15) is 4.79 Å². The van der Waals surface area contributed by atoms with Crippen LogP contribution in [0.3, 0.4) is 0 Å². The summed E-state index contributed by atoms with van der Waals surface area (Å²) in [6.07, 6.45) is 11.0. The highest BCUT2D eigenvalue weighted by Crippen LogP contribution is 2.44. The van der Waals surface area contributed by atoms with Crippen molar-refractivity contribution in [1.82, 2.24) is 10.6 Å². The third-order valence-corrected chi connectivity index (χ3v) is 6.49. The summed E-state index contributed by atoms with van der Waals surface area (Å²) in [5.74, 6) is 1.39. The minimum atomic E-state index is 0.166. The molecule has 2 N–H and O–H groups in total. The molecule has 3 fully saturated rings. The zero-order chi connectivity index (χ0) is 16.4.